The van der Waals surface area contributed by atoms with Crippen LogP contribution in [-0.4, -0.2) is 9.97 Å². The average molecular weight is 192 g/mol. The molecule has 3 nitrogen and oxygen atoms in total. The van der Waals surface area contributed by atoms with Gasteiger partial charge in [0.2, 0.25) is 0 Å². The Balaban J connectivity index is 2.35. The summed E-state index contributed by atoms with van der Waals surface area (Å²) in [5.41, 5.74) is 0.940. The zero-order chi connectivity index (χ0) is 10.1. The topological polar surface area (TPSA) is 45.8 Å². The number of hydrogen-bond acceptors (Lipinski definition) is 2. The molecule has 1 saturated carbocycles. The van der Waals surface area contributed by atoms with Gasteiger partial charge in [0, 0.05) is 12.0 Å². The van der Waals surface area contributed by atoms with E-state index in [2.05, 4.69) is 23.8 Å². The van der Waals surface area contributed by atoms with Crippen LogP contribution in [0.2, 0.25) is 0 Å². The lowest BCUT2D eigenvalue weighted by Crippen LogP contribution is -2.13. The van der Waals surface area contributed by atoms with E-state index in [0.717, 1.165) is 17.9 Å². The summed E-state index contributed by atoms with van der Waals surface area (Å²) in [6, 6.07) is 1.63. The van der Waals surface area contributed by atoms with Crippen LogP contribution in [0, 0.1) is 0 Å². The number of H-pyrrole nitrogens is 1. The van der Waals surface area contributed by atoms with Crippen molar-refractivity contribution in [2.75, 3.05) is 0 Å². The van der Waals surface area contributed by atoms with Crippen molar-refractivity contribution in [1.82, 2.24) is 9.97 Å². The van der Waals surface area contributed by atoms with Gasteiger partial charge in [-0.2, -0.15) is 0 Å². The second-order valence-electron chi connectivity index (χ2n) is 4.14. The SMILES string of the molecule is CC[C@H](C)c1cc(=O)[nH]c(C2CC2)n1. The molecule has 1 aromatic rings. The van der Waals surface area contributed by atoms with Crippen molar-refractivity contribution in [2.24, 2.45) is 0 Å². The maximum Gasteiger partial charge on any atom is 0.251 e. The maximum atomic E-state index is 11.4. The van der Waals surface area contributed by atoms with Crippen molar-refractivity contribution in [3.8, 4) is 0 Å². The first-order valence-electron chi connectivity index (χ1n) is 5.32. The maximum absolute atomic E-state index is 11.4. The molecule has 0 bridgehead atoms. The van der Waals surface area contributed by atoms with Gasteiger partial charge in [0.1, 0.15) is 5.82 Å². The van der Waals surface area contributed by atoms with Gasteiger partial charge in [0.05, 0.1) is 5.69 Å². The van der Waals surface area contributed by atoms with E-state index in [1.54, 1.807) is 6.07 Å². The summed E-state index contributed by atoms with van der Waals surface area (Å²) in [6.45, 7) is 4.22. The Morgan fingerprint density at radius 2 is 2.36 bits per heavy atom. The van der Waals surface area contributed by atoms with Crippen LogP contribution in [-0.2, 0) is 0 Å². The van der Waals surface area contributed by atoms with Gasteiger partial charge in [-0.15, -0.1) is 0 Å². The molecule has 76 valence electrons. The number of rotatable bonds is 3. The van der Waals surface area contributed by atoms with Crippen molar-refractivity contribution in [2.45, 2.75) is 44.9 Å². The first kappa shape index (κ1) is 9.44. The van der Waals surface area contributed by atoms with Gasteiger partial charge >= 0.3 is 0 Å². The van der Waals surface area contributed by atoms with Gasteiger partial charge in [-0.3, -0.25) is 4.79 Å². The zero-order valence-electron chi connectivity index (χ0n) is 8.71. The summed E-state index contributed by atoms with van der Waals surface area (Å²) in [4.78, 5) is 18.7. The average Bonchev–Trinajstić information content (AvgIpc) is 2.98. The van der Waals surface area contributed by atoms with E-state index < -0.39 is 0 Å². The molecule has 0 spiro atoms. The van der Waals surface area contributed by atoms with Crippen LogP contribution in [0.25, 0.3) is 0 Å². The third-order valence-electron chi connectivity index (χ3n) is 2.86. The van der Waals surface area contributed by atoms with Crippen molar-refractivity contribution in [3.05, 3.63) is 27.9 Å². The van der Waals surface area contributed by atoms with Crippen molar-refractivity contribution >= 4 is 0 Å². The van der Waals surface area contributed by atoms with Gasteiger partial charge in [-0.25, -0.2) is 4.98 Å². The summed E-state index contributed by atoms with van der Waals surface area (Å²) in [5.74, 6) is 1.80. The second kappa shape index (κ2) is 3.56. The molecule has 1 aliphatic carbocycles. The molecule has 0 radical (unpaired) electrons. The molecule has 0 saturated heterocycles. The lowest BCUT2D eigenvalue weighted by atomic mass is 10.1. The second-order valence-corrected chi connectivity index (χ2v) is 4.14. The van der Waals surface area contributed by atoms with Gasteiger partial charge in [-0.05, 0) is 25.2 Å². The number of nitrogens with zero attached hydrogens (tertiary/aromatic N) is 1. The van der Waals surface area contributed by atoms with Crippen LogP contribution < -0.4 is 5.56 Å². The molecule has 1 atom stereocenters. The lowest BCUT2D eigenvalue weighted by molar-refractivity contribution is 0.690. The highest BCUT2D eigenvalue weighted by molar-refractivity contribution is 5.12. The van der Waals surface area contributed by atoms with Crippen LogP contribution >= 0.6 is 0 Å². The Kier molecular flexibility index (Phi) is 2.40. The highest BCUT2D eigenvalue weighted by Gasteiger charge is 2.26. The Bertz CT molecular complexity index is 379. The Labute approximate surface area is 83.6 Å². The number of aromatic amines is 1. The third-order valence-corrected chi connectivity index (χ3v) is 2.86. The predicted molar refractivity (Wildman–Crippen MR) is 55.5 cm³/mol. The molecule has 0 aromatic carbocycles. The summed E-state index contributed by atoms with van der Waals surface area (Å²) >= 11 is 0. The molecular formula is C11H16N2O. The Morgan fingerprint density at radius 3 is 2.93 bits per heavy atom. The molecule has 0 amide bonds. The van der Waals surface area contributed by atoms with Gasteiger partial charge < -0.3 is 4.98 Å². The standard InChI is InChI=1S/C11H16N2O/c1-3-7(2)9-6-10(14)13-11(12-9)8-4-5-8/h6-8H,3-5H2,1-2H3,(H,12,13,14)/t7-/m0/s1. The highest BCUT2D eigenvalue weighted by atomic mass is 16.1. The van der Waals surface area contributed by atoms with E-state index in [-0.39, 0.29) is 5.56 Å². The quantitative estimate of drug-likeness (QED) is 0.797. The minimum absolute atomic E-state index is 0.00259. The third kappa shape index (κ3) is 1.86. The molecule has 2 rings (SSSR count). The van der Waals surface area contributed by atoms with Crippen molar-refractivity contribution in [1.29, 1.82) is 0 Å². The number of aromatic nitrogens is 2. The molecule has 0 aliphatic heterocycles. The van der Waals surface area contributed by atoms with Crippen LogP contribution in [0.1, 0.15) is 56.5 Å². The van der Waals surface area contributed by atoms with E-state index in [1.807, 2.05) is 0 Å². The first-order chi connectivity index (χ1) is 6.70. The fraction of sp³-hybridized carbons (Fsp3) is 0.636. The normalized spacial score (nSPS) is 18.1. The van der Waals surface area contributed by atoms with Crippen LogP contribution in [0.5, 0.6) is 0 Å². The van der Waals surface area contributed by atoms with Crippen LogP contribution in [0.4, 0.5) is 0 Å². The molecule has 1 heterocycles. The summed E-state index contributed by atoms with van der Waals surface area (Å²) in [5, 5.41) is 0. The number of hydrogen-bond donors (Lipinski definition) is 1. The van der Waals surface area contributed by atoms with E-state index in [4.69, 9.17) is 0 Å². The smallest absolute Gasteiger partial charge is 0.251 e. The summed E-state index contributed by atoms with van der Waals surface area (Å²) in [7, 11) is 0. The molecule has 1 aliphatic rings. The Hall–Kier alpha value is -1.12. The first-order valence-corrected chi connectivity index (χ1v) is 5.32. The van der Waals surface area contributed by atoms with E-state index in [1.165, 1.54) is 12.8 Å². The monoisotopic (exact) mass is 192 g/mol. The van der Waals surface area contributed by atoms with Gasteiger partial charge in [0.25, 0.3) is 5.56 Å². The van der Waals surface area contributed by atoms with Crippen molar-refractivity contribution < 1.29 is 0 Å². The van der Waals surface area contributed by atoms with Crippen LogP contribution in [0.15, 0.2) is 10.9 Å². The molecule has 1 fully saturated rings. The number of nitrogens with one attached hydrogen (secondary N) is 1. The molecule has 1 aromatic heterocycles. The van der Waals surface area contributed by atoms with Crippen LogP contribution in [0.3, 0.4) is 0 Å². The summed E-state index contributed by atoms with van der Waals surface area (Å²) in [6.07, 6.45) is 3.38. The lowest BCUT2D eigenvalue weighted by Gasteiger charge is -2.08. The molecule has 0 unspecified atom stereocenters. The Morgan fingerprint density at radius 1 is 1.64 bits per heavy atom. The minimum atomic E-state index is -0.00259. The molecule has 1 N–H and O–H groups in total. The largest absolute Gasteiger partial charge is 0.310 e. The fourth-order valence-electron chi connectivity index (χ4n) is 1.51. The van der Waals surface area contributed by atoms with Gasteiger partial charge in [0.15, 0.2) is 0 Å². The predicted octanol–water partition coefficient (Wildman–Crippen LogP) is 2.16. The highest BCUT2D eigenvalue weighted by Crippen LogP contribution is 2.37. The van der Waals surface area contributed by atoms with E-state index >= 15 is 0 Å². The molecule has 3 heteroatoms. The molecule has 14 heavy (non-hydrogen) atoms. The summed E-state index contributed by atoms with van der Waals surface area (Å²) < 4.78 is 0. The fourth-order valence-corrected chi connectivity index (χ4v) is 1.51. The minimum Gasteiger partial charge on any atom is -0.310 e. The zero-order valence-corrected chi connectivity index (χ0v) is 8.71. The van der Waals surface area contributed by atoms with Gasteiger partial charge in [-0.1, -0.05) is 13.8 Å². The van der Waals surface area contributed by atoms with E-state index in [0.29, 0.717) is 11.8 Å². The molecular weight excluding hydrogens is 176 g/mol. The van der Waals surface area contributed by atoms with E-state index in [9.17, 15) is 4.79 Å². The van der Waals surface area contributed by atoms with Crippen molar-refractivity contribution in [3.63, 3.8) is 0 Å².